The predicted molar refractivity (Wildman–Crippen MR) is 119 cm³/mol. The molecule has 1 heterocycles. The summed E-state index contributed by atoms with van der Waals surface area (Å²) in [5.74, 6) is 1.13. The third-order valence-electron chi connectivity index (χ3n) is 5.41. The van der Waals surface area contributed by atoms with Crippen molar-refractivity contribution in [1.29, 1.82) is 0 Å². The van der Waals surface area contributed by atoms with E-state index in [0.29, 0.717) is 29.3 Å². The molecule has 0 atom stereocenters. The number of carbonyl (C=O) groups excluding carboxylic acids is 2. The van der Waals surface area contributed by atoms with Crippen LogP contribution in [0.15, 0.2) is 30.3 Å². The van der Waals surface area contributed by atoms with Crippen molar-refractivity contribution in [2.75, 3.05) is 27.3 Å². The zero-order valence-corrected chi connectivity index (χ0v) is 18.7. The number of thiophene rings is 1. The lowest BCUT2D eigenvalue weighted by Gasteiger charge is -2.23. The lowest BCUT2D eigenvalue weighted by Crippen LogP contribution is -2.44. The van der Waals surface area contributed by atoms with E-state index in [2.05, 4.69) is 5.32 Å². The van der Waals surface area contributed by atoms with E-state index in [9.17, 15) is 9.59 Å². The summed E-state index contributed by atoms with van der Waals surface area (Å²) in [7, 11) is 3.20. The fourth-order valence-electron chi connectivity index (χ4n) is 3.77. The van der Waals surface area contributed by atoms with Crippen LogP contribution in [0.1, 0.15) is 45.8 Å². The molecule has 1 aliphatic carbocycles. The van der Waals surface area contributed by atoms with Gasteiger partial charge in [-0.25, -0.2) is 0 Å². The number of hydrogen-bond acceptors (Lipinski definition) is 5. The molecule has 2 amide bonds. The maximum atomic E-state index is 13.1. The minimum absolute atomic E-state index is 0.0690. The Kier molecular flexibility index (Phi) is 7.74. The van der Waals surface area contributed by atoms with E-state index < -0.39 is 0 Å². The Hall–Kier alpha value is -2.54. The Balaban J connectivity index is 1.70. The van der Waals surface area contributed by atoms with Gasteiger partial charge < -0.3 is 19.7 Å². The molecular weight excluding hydrogens is 400 g/mol. The van der Waals surface area contributed by atoms with E-state index in [-0.39, 0.29) is 24.4 Å². The monoisotopic (exact) mass is 430 g/mol. The van der Waals surface area contributed by atoms with Gasteiger partial charge in [0.05, 0.1) is 25.6 Å². The van der Waals surface area contributed by atoms with Crippen molar-refractivity contribution in [2.45, 2.75) is 45.1 Å². The lowest BCUT2D eigenvalue weighted by atomic mass is 10.1. The minimum atomic E-state index is -0.102. The fourth-order valence-corrected chi connectivity index (χ4v) is 4.61. The Morgan fingerprint density at radius 1 is 1.10 bits per heavy atom. The SMILES string of the molecule is COc1ccc(CCN(CC(=O)NC2CCCC2)C(=O)c2ccc(C)s2)cc1OC. The molecule has 2 aromatic rings. The van der Waals surface area contributed by atoms with Gasteiger partial charge in [0.2, 0.25) is 5.91 Å². The second-order valence-corrected chi connectivity index (χ2v) is 8.91. The van der Waals surface area contributed by atoms with E-state index in [1.807, 2.05) is 37.3 Å². The van der Waals surface area contributed by atoms with E-state index in [0.717, 1.165) is 36.1 Å². The molecule has 0 saturated heterocycles. The minimum Gasteiger partial charge on any atom is -0.493 e. The highest BCUT2D eigenvalue weighted by molar-refractivity contribution is 7.13. The number of methoxy groups -OCH3 is 2. The number of ether oxygens (including phenoxy) is 2. The van der Waals surface area contributed by atoms with Crippen molar-refractivity contribution in [3.8, 4) is 11.5 Å². The van der Waals surface area contributed by atoms with Crippen molar-refractivity contribution in [3.63, 3.8) is 0 Å². The first-order chi connectivity index (χ1) is 14.5. The molecule has 0 bridgehead atoms. The molecule has 0 unspecified atom stereocenters. The average Bonchev–Trinajstić information content (AvgIpc) is 3.41. The summed E-state index contributed by atoms with van der Waals surface area (Å²) in [5, 5.41) is 3.09. The van der Waals surface area contributed by atoms with E-state index in [4.69, 9.17) is 9.47 Å². The quantitative estimate of drug-likeness (QED) is 0.657. The lowest BCUT2D eigenvalue weighted by molar-refractivity contribution is -0.122. The summed E-state index contributed by atoms with van der Waals surface area (Å²) in [6.07, 6.45) is 4.97. The molecule has 30 heavy (non-hydrogen) atoms. The molecule has 1 saturated carbocycles. The van der Waals surface area contributed by atoms with Gasteiger partial charge in [0.1, 0.15) is 0 Å². The average molecular weight is 431 g/mol. The molecule has 1 aromatic heterocycles. The highest BCUT2D eigenvalue weighted by atomic mass is 32.1. The van der Waals surface area contributed by atoms with Gasteiger partial charge in [-0.1, -0.05) is 18.9 Å². The van der Waals surface area contributed by atoms with Crippen LogP contribution in [-0.2, 0) is 11.2 Å². The van der Waals surface area contributed by atoms with Crippen molar-refractivity contribution < 1.29 is 19.1 Å². The number of nitrogens with one attached hydrogen (secondary N) is 1. The van der Waals surface area contributed by atoms with Gasteiger partial charge in [-0.05, 0) is 56.0 Å². The second kappa shape index (κ2) is 10.5. The third-order valence-corrected chi connectivity index (χ3v) is 6.40. The zero-order chi connectivity index (χ0) is 21.5. The number of nitrogens with zero attached hydrogens (tertiary/aromatic N) is 1. The van der Waals surface area contributed by atoms with Gasteiger partial charge in [-0.2, -0.15) is 0 Å². The van der Waals surface area contributed by atoms with Gasteiger partial charge in [0, 0.05) is 17.5 Å². The van der Waals surface area contributed by atoms with Crippen molar-refractivity contribution >= 4 is 23.2 Å². The van der Waals surface area contributed by atoms with Gasteiger partial charge in [-0.3, -0.25) is 9.59 Å². The highest BCUT2D eigenvalue weighted by Crippen LogP contribution is 2.28. The Bertz CT molecular complexity index is 874. The summed E-state index contributed by atoms with van der Waals surface area (Å²) in [5.41, 5.74) is 1.02. The first kappa shape index (κ1) is 22.2. The van der Waals surface area contributed by atoms with Crippen molar-refractivity contribution in [1.82, 2.24) is 10.2 Å². The van der Waals surface area contributed by atoms with Crippen LogP contribution >= 0.6 is 11.3 Å². The summed E-state index contributed by atoms with van der Waals surface area (Å²) in [4.78, 5) is 29.1. The summed E-state index contributed by atoms with van der Waals surface area (Å²) in [6, 6.07) is 9.73. The molecule has 1 aromatic carbocycles. The number of carbonyl (C=O) groups is 2. The number of amides is 2. The van der Waals surface area contributed by atoms with Crippen LogP contribution in [0.4, 0.5) is 0 Å². The zero-order valence-electron chi connectivity index (χ0n) is 17.9. The first-order valence-electron chi connectivity index (χ1n) is 10.4. The second-order valence-electron chi connectivity index (χ2n) is 7.63. The number of aryl methyl sites for hydroxylation is 1. The third kappa shape index (κ3) is 5.75. The van der Waals surface area contributed by atoms with Crippen LogP contribution in [0.5, 0.6) is 11.5 Å². The number of benzene rings is 1. The molecule has 1 N–H and O–H groups in total. The molecule has 0 radical (unpaired) electrons. The van der Waals surface area contributed by atoms with E-state index >= 15 is 0 Å². The molecule has 1 aliphatic rings. The smallest absolute Gasteiger partial charge is 0.264 e. The summed E-state index contributed by atoms with van der Waals surface area (Å²) >= 11 is 1.46. The topological polar surface area (TPSA) is 67.9 Å². The molecule has 0 spiro atoms. The van der Waals surface area contributed by atoms with Gasteiger partial charge in [0.15, 0.2) is 11.5 Å². The van der Waals surface area contributed by atoms with Crippen LogP contribution in [0, 0.1) is 6.92 Å². The standard InChI is InChI=1S/C23H30N2O4S/c1-16-8-11-21(30-16)23(27)25(15-22(26)24-18-6-4-5-7-18)13-12-17-9-10-19(28-2)20(14-17)29-3/h8-11,14,18H,4-7,12-13,15H2,1-3H3,(H,24,26). The largest absolute Gasteiger partial charge is 0.493 e. The Morgan fingerprint density at radius 3 is 2.47 bits per heavy atom. The molecule has 7 heteroatoms. The molecule has 1 fully saturated rings. The molecular formula is C23H30N2O4S. The normalized spacial score (nSPS) is 13.8. The first-order valence-corrected chi connectivity index (χ1v) is 11.2. The number of hydrogen-bond donors (Lipinski definition) is 1. The van der Waals surface area contributed by atoms with Crippen LogP contribution in [0.3, 0.4) is 0 Å². The molecule has 6 nitrogen and oxygen atoms in total. The van der Waals surface area contributed by atoms with Gasteiger partial charge in [0.25, 0.3) is 5.91 Å². The van der Waals surface area contributed by atoms with Crippen LogP contribution < -0.4 is 14.8 Å². The molecule has 3 rings (SSSR count). The molecule has 162 valence electrons. The van der Waals surface area contributed by atoms with E-state index in [1.165, 1.54) is 11.3 Å². The van der Waals surface area contributed by atoms with Crippen LogP contribution in [0.2, 0.25) is 0 Å². The summed E-state index contributed by atoms with van der Waals surface area (Å²) in [6.45, 7) is 2.49. The highest BCUT2D eigenvalue weighted by Gasteiger charge is 2.23. The fraction of sp³-hybridized carbons (Fsp3) is 0.478. The van der Waals surface area contributed by atoms with Gasteiger partial charge in [-0.15, -0.1) is 11.3 Å². The predicted octanol–water partition coefficient (Wildman–Crippen LogP) is 3.82. The van der Waals surface area contributed by atoms with Crippen molar-refractivity contribution in [2.24, 2.45) is 0 Å². The maximum absolute atomic E-state index is 13.1. The van der Waals surface area contributed by atoms with Crippen LogP contribution in [0.25, 0.3) is 0 Å². The Labute approximate surface area is 182 Å². The maximum Gasteiger partial charge on any atom is 0.264 e. The molecule has 0 aliphatic heterocycles. The summed E-state index contributed by atoms with van der Waals surface area (Å²) < 4.78 is 10.7. The number of rotatable bonds is 9. The van der Waals surface area contributed by atoms with Gasteiger partial charge >= 0.3 is 0 Å². The van der Waals surface area contributed by atoms with Crippen LogP contribution in [-0.4, -0.2) is 50.1 Å². The Morgan fingerprint density at radius 2 is 1.83 bits per heavy atom. The van der Waals surface area contributed by atoms with E-state index in [1.54, 1.807) is 19.1 Å². The van der Waals surface area contributed by atoms with Crippen molar-refractivity contribution in [3.05, 3.63) is 45.6 Å².